The third-order valence-corrected chi connectivity index (χ3v) is 5.96. The van der Waals surface area contributed by atoms with Gasteiger partial charge in [-0.05, 0) is 42.8 Å². The maximum absolute atomic E-state index is 12.5. The topological polar surface area (TPSA) is 94.3 Å². The first kappa shape index (κ1) is 18.2. The zero-order valence-electron chi connectivity index (χ0n) is 12.7. The van der Waals surface area contributed by atoms with Crippen LogP contribution in [0.3, 0.4) is 0 Å². The molecule has 7 heteroatoms. The molecule has 126 valence electrons. The van der Waals surface area contributed by atoms with Crippen molar-refractivity contribution in [2.24, 2.45) is 5.73 Å². The van der Waals surface area contributed by atoms with Gasteiger partial charge in [-0.15, -0.1) is 0 Å². The molecule has 24 heavy (non-hydrogen) atoms. The van der Waals surface area contributed by atoms with Crippen LogP contribution in [0.5, 0.6) is 0 Å². The van der Waals surface area contributed by atoms with Crippen molar-refractivity contribution in [1.82, 2.24) is 0 Å². The van der Waals surface area contributed by atoms with E-state index >= 15 is 0 Å². The Morgan fingerprint density at radius 3 is 2.12 bits per heavy atom. The molecule has 0 fully saturated rings. The highest BCUT2D eigenvalue weighted by Gasteiger charge is 2.32. The molecule has 1 amide bonds. The molecule has 2 aromatic rings. The van der Waals surface area contributed by atoms with E-state index in [1.165, 1.54) is 12.1 Å². The maximum atomic E-state index is 12.5. The number of carbonyl (C=O) groups is 2. The van der Waals surface area contributed by atoms with Crippen LogP contribution in [0.25, 0.3) is 0 Å². The first-order valence-corrected chi connectivity index (χ1v) is 9.12. The van der Waals surface area contributed by atoms with Gasteiger partial charge in [0.05, 0.1) is 4.90 Å². The highest BCUT2D eigenvalue weighted by Crippen LogP contribution is 2.20. The summed E-state index contributed by atoms with van der Waals surface area (Å²) in [5, 5.41) is -0.954. The summed E-state index contributed by atoms with van der Waals surface area (Å²) in [5.74, 6) is -1.25. The van der Waals surface area contributed by atoms with E-state index < -0.39 is 21.0 Å². The highest BCUT2D eigenvalue weighted by atomic mass is 35.5. The van der Waals surface area contributed by atoms with E-state index in [-0.39, 0.29) is 23.5 Å². The quantitative estimate of drug-likeness (QED) is 0.763. The summed E-state index contributed by atoms with van der Waals surface area (Å²) in [6.45, 7) is 0. The Bertz CT molecular complexity index is 833. The second kappa shape index (κ2) is 7.59. The van der Waals surface area contributed by atoms with Crippen molar-refractivity contribution in [2.75, 3.05) is 0 Å². The zero-order chi connectivity index (χ0) is 17.7. The summed E-state index contributed by atoms with van der Waals surface area (Å²) in [6.07, 6.45) is -0.282. The van der Waals surface area contributed by atoms with Crippen LogP contribution in [-0.2, 0) is 14.6 Å². The fourth-order valence-corrected chi connectivity index (χ4v) is 3.99. The SMILES string of the molecule is NC(=O)[C@@H](CCC(=O)c1ccc(Cl)cc1)S(=O)(=O)c1ccccc1. The maximum Gasteiger partial charge on any atom is 0.236 e. The van der Waals surface area contributed by atoms with Gasteiger partial charge in [-0.25, -0.2) is 8.42 Å². The highest BCUT2D eigenvalue weighted by molar-refractivity contribution is 7.92. The number of amides is 1. The van der Waals surface area contributed by atoms with E-state index in [9.17, 15) is 18.0 Å². The van der Waals surface area contributed by atoms with E-state index in [1.54, 1.807) is 42.5 Å². The summed E-state index contributed by atoms with van der Waals surface area (Å²) in [6, 6.07) is 13.8. The normalized spacial score (nSPS) is 12.5. The number of hydrogen-bond donors (Lipinski definition) is 1. The van der Waals surface area contributed by atoms with Crippen LogP contribution in [0.4, 0.5) is 0 Å². The average Bonchev–Trinajstić information content (AvgIpc) is 2.55. The summed E-state index contributed by atoms with van der Waals surface area (Å²) in [5.41, 5.74) is 5.66. The van der Waals surface area contributed by atoms with E-state index in [2.05, 4.69) is 0 Å². The Kier molecular flexibility index (Phi) is 5.75. The Labute approximate surface area is 145 Å². The van der Waals surface area contributed by atoms with Crippen LogP contribution in [0.2, 0.25) is 5.02 Å². The smallest absolute Gasteiger partial charge is 0.236 e. The first-order chi connectivity index (χ1) is 11.3. The van der Waals surface area contributed by atoms with Crippen LogP contribution >= 0.6 is 11.6 Å². The fraction of sp³-hybridized carbons (Fsp3) is 0.176. The number of halogens is 1. The number of primary amides is 1. The molecule has 0 aliphatic carbocycles. The molecule has 0 saturated heterocycles. The molecule has 2 aromatic carbocycles. The van der Waals surface area contributed by atoms with Gasteiger partial charge in [-0.3, -0.25) is 9.59 Å². The van der Waals surface area contributed by atoms with Crippen LogP contribution in [0, 0.1) is 0 Å². The minimum atomic E-state index is -3.93. The first-order valence-electron chi connectivity index (χ1n) is 7.19. The number of ketones is 1. The molecule has 1 atom stereocenters. The average molecular weight is 366 g/mol. The standard InChI is InChI=1S/C17H16ClNO4S/c18-13-8-6-12(7-9-13)15(20)10-11-16(17(19)21)24(22,23)14-4-2-1-3-5-14/h1-9,16H,10-11H2,(H2,19,21)/t16-/m1/s1. The lowest BCUT2D eigenvalue weighted by atomic mass is 10.1. The van der Waals surface area contributed by atoms with E-state index in [4.69, 9.17) is 17.3 Å². The van der Waals surface area contributed by atoms with Crippen molar-refractivity contribution in [2.45, 2.75) is 23.0 Å². The van der Waals surface area contributed by atoms with Crippen LogP contribution in [0.1, 0.15) is 23.2 Å². The summed E-state index contributed by atoms with van der Waals surface area (Å²) in [7, 11) is -3.93. The van der Waals surface area contributed by atoms with Crippen LogP contribution in [-0.4, -0.2) is 25.4 Å². The lowest BCUT2D eigenvalue weighted by Crippen LogP contribution is -2.36. The minimum absolute atomic E-state index is 0.00717. The van der Waals surface area contributed by atoms with Gasteiger partial charge in [-0.2, -0.15) is 0 Å². The van der Waals surface area contributed by atoms with Gasteiger partial charge in [-0.1, -0.05) is 29.8 Å². The second-order valence-electron chi connectivity index (χ2n) is 5.22. The van der Waals surface area contributed by atoms with Gasteiger partial charge in [0, 0.05) is 17.0 Å². The number of hydrogen-bond acceptors (Lipinski definition) is 4. The molecule has 2 N–H and O–H groups in total. The molecule has 0 unspecified atom stereocenters. The number of Topliss-reactive ketones (excluding diaryl/α,β-unsaturated/α-hetero) is 1. The predicted molar refractivity (Wildman–Crippen MR) is 91.6 cm³/mol. The molecule has 0 bridgehead atoms. The lowest BCUT2D eigenvalue weighted by Gasteiger charge is -2.14. The monoisotopic (exact) mass is 365 g/mol. The molecule has 0 aliphatic heterocycles. The predicted octanol–water partition coefficient (Wildman–Crippen LogP) is 2.63. The molecule has 0 aliphatic rings. The lowest BCUT2D eigenvalue weighted by molar-refractivity contribution is -0.117. The largest absolute Gasteiger partial charge is 0.369 e. The minimum Gasteiger partial charge on any atom is -0.369 e. The van der Waals surface area contributed by atoms with Crippen molar-refractivity contribution in [3.8, 4) is 0 Å². The zero-order valence-corrected chi connectivity index (χ0v) is 14.3. The molecule has 0 spiro atoms. The van der Waals surface area contributed by atoms with Gasteiger partial charge < -0.3 is 5.73 Å². The number of nitrogens with two attached hydrogens (primary N) is 1. The van der Waals surface area contributed by atoms with Gasteiger partial charge in [0.1, 0.15) is 5.25 Å². The van der Waals surface area contributed by atoms with E-state index in [0.29, 0.717) is 10.6 Å². The number of benzene rings is 2. The van der Waals surface area contributed by atoms with Gasteiger partial charge in [0.15, 0.2) is 15.6 Å². The van der Waals surface area contributed by atoms with Crippen molar-refractivity contribution in [1.29, 1.82) is 0 Å². The molecular formula is C17H16ClNO4S. The number of sulfone groups is 1. The molecule has 5 nitrogen and oxygen atoms in total. The summed E-state index contributed by atoms with van der Waals surface area (Å²) >= 11 is 5.76. The van der Waals surface area contributed by atoms with Crippen molar-refractivity contribution in [3.05, 3.63) is 65.2 Å². The molecule has 0 saturated carbocycles. The fourth-order valence-electron chi connectivity index (χ4n) is 2.27. The molecule has 2 rings (SSSR count). The third kappa shape index (κ3) is 4.21. The summed E-state index contributed by atoms with van der Waals surface area (Å²) < 4.78 is 25.1. The van der Waals surface area contributed by atoms with Crippen LogP contribution in [0.15, 0.2) is 59.5 Å². The number of rotatable bonds is 7. The molecular weight excluding hydrogens is 350 g/mol. The Hall–Kier alpha value is -2.18. The van der Waals surface area contributed by atoms with Crippen molar-refractivity contribution >= 4 is 33.1 Å². The van der Waals surface area contributed by atoms with E-state index in [0.717, 1.165) is 0 Å². The van der Waals surface area contributed by atoms with Gasteiger partial charge >= 0.3 is 0 Å². The second-order valence-corrected chi connectivity index (χ2v) is 7.78. The Balaban J connectivity index is 2.16. The van der Waals surface area contributed by atoms with Crippen molar-refractivity contribution in [3.63, 3.8) is 0 Å². The van der Waals surface area contributed by atoms with E-state index in [1.807, 2.05) is 0 Å². The molecule has 0 radical (unpaired) electrons. The third-order valence-electron chi connectivity index (χ3n) is 3.56. The molecule has 0 heterocycles. The van der Waals surface area contributed by atoms with Crippen molar-refractivity contribution < 1.29 is 18.0 Å². The molecule has 0 aromatic heterocycles. The van der Waals surface area contributed by atoms with Crippen LogP contribution < -0.4 is 5.73 Å². The number of carbonyl (C=O) groups excluding carboxylic acids is 2. The van der Waals surface area contributed by atoms with Gasteiger partial charge in [0.2, 0.25) is 5.91 Å². The Morgan fingerprint density at radius 2 is 1.58 bits per heavy atom. The Morgan fingerprint density at radius 1 is 1.00 bits per heavy atom. The van der Waals surface area contributed by atoms with Gasteiger partial charge in [0.25, 0.3) is 0 Å². The summed E-state index contributed by atoms with van der Waals surface area (Å²) in [4.78, 5) is 23.8.